The summed E-state index contributed by atoms with van der Waals surface area (Å²) in [4.78, 5) is 0. The van der Waals surface area contributed by atoms with Gasteiger partial charge in [-0.15, -0.1) is 0 Å². The molecule has 0 aliphatic heterocycles. The van der Waals surface area contributed by atoms with Gasteiger partial charge in [0.2, 0.25) is 0 Å². The summed E-state index contributed by atoms with van der Waals surface area (Å²) < 4.78 is 5.11. The largest absolute Gasteiger partial charge is 0.383 e. The van der Waals surface area contributed by atoms with Gasteiger partial charge in [-0.3, -0.25) is 0 Å². The van der Waals surface area contributed by atoms with Crippen LogP contribution < -0.4 is 5.32 Å². The van der Waals surface area contributed by atoms with Crippen molar-refractivity contribution in [2.45, 2.75) is 26.5 Å². The Bertz CT molecular complexity index is 299. The number of halogens is 1. The number of ether oxygens (including phenoxy) is 1. The van der Waals surface area contributed by atoms with Crippen molar-refractivity contribution in [2.24, 2.45) is 0 Å². The molecule has 0 aliphatic carbocycles. The quantitative estimate of drug-likeness (QED) is 0.829. The molecule has 1 rings (SSSR count). The Morgan fingerprint density at radius 2 is 2.14 bits per heavy atom. The van der Waals surface area contributed by atoms with Crippen molar-refractivity contribution in [3.63, 3.8) is 0 Å². The molecule has 0 heterocycles. The first kappa shape index (κ1) is 11.3. The third-order valence-corrected chi connectivity index (χ3v) is 2.21. The first-order valence-electron chi connectivity index (χ1n) is 4.68. The highest BCUT2D eigenvalue weighted by atomic mass is 35.5. The van der Waals surface area contributed by atoms with Gasteiger partial charge in [0, 0.05) is 29.4 Å². The lowest BCUT2D eigenvalue weighted by molar-refractivity contribution is 0.185. The molecule has 3 heteroatoms. The number of hydrogen-bond acceptors (Lipinski definition) is 2. The number of benzene rings is 1. The molecule has 1 aromatic rings. The number of hydrogen-bond donors (Lipinski definition) is 1. The van der Waals surface area contributed by atoms with Crippen LogP contribution in [0.4, 0.5) is 5.69 Å². The summed E-state index contributed by atoms with van der Waals surface area (Å²) in [6.07, 6.45) is 0. The van der Waals surface area contributed by atoms with Crippen LogP contribution in [0.25, 0.3) is 0 Å². The minimum Gasteiger partial charge on any atom is -0.383 e. The number of methoxy groups -OCH3 is 1. The highest BCUT2D eigenvalue weighted by Crippen LogP contribution is 2.25. The molecule has 78 valence electrons. The molecular formula is C11H16ClNO. The van der Waals surface area contributed by atoms with Gasteiger partial charge in [-0.2, -0.15) is 0 Å². The lowest BCUT2D eigenvalue weighted by Crippen LogP contribution is -2.11. The Balaban J connectivity index is 2.95. The summed E-state index contributed by atoms with van der Waals surface area (Å²) in [5, 5.41) is 4.08. The van der Waals surface area contributed by atoms with Crippen molar-refractivity contribution >= 4 is 17.3 Å². The molecule has 0 saturated heterocycles. The molecule has 0 atom stereocenters. The van der Waals surface area contributed by atoms with Crippen LogP contribution in [-0.2, 0) is 11.3 Å². The minimum atomic E-state index is 0.393. The van der Waals surface area contributed by atoms with Gasteiger partial charge in [0.15, 0.2) is 0 Å². The minimum absolute atomic E-state index is 0.393. The van der Waals surface area contributed by atoms with Crippen molar-refractivity contribution in [1.29, 1.82) is 0 Å². The van der Waals surface area contributed by atoms with Gasteiger partial charge in [0.05, 0.1) is 6.61 Å². The van der Waals surface area contributed by atoms with Crippen LogP contribution in [0.1, 0.15) is 19.4 Å². The van der Waals surface area contributed by atoms with Crippen LogP contribution in [0, 0.1) is 0 Å². The summed E-state index contributed by atoms with van der Waals surface area (Å²) >= 11 is 6.07. The van der Waals surface area contributed by atoms with Crippen LogP contribution in [-0.4, -0.2) is 13.2 Å². The summed E-state index contributed by atoms with van der Waals surface area (Å²) in [5.74, 6) is 0. The smallest absolute Gasteiger partial charge is 0.0747 e. The van der Waals surface area contributed by atoms with E-state index < -0.39 is 0 Å². The molecular weight excluding hydrogens is 198 g/mol. The Morgan fingerprint density at radius 1 is 1.43 bits per heavy atom. The van der Waals surface area contributed by atoms with E-state index in [0.29, 0.717) is 12.6 Å². The van der Waals surface area contributed by atoms with Gasteiger partial charge in [-0.05, 0) is 26.0 Å². The standard InChI is InChI=1S/C11H16ClNO/c1-8(2)13-11-6-4-5-10(12)9(11)7-14-3/h4-6,8,13H,7H2,1-3H3. The zero-order chi connectivity index (χ0) is 10.6. The molecule has 0 unspecified atom stereocenters. The number of nitrogens with one attached hydrogen (secondary N) is 1. The highest BCUT2D eigenvalue weighted by Gasteiger charge is 2.06. The molecule has 0 radical (unpaired) electrons. The van der Waals surface area contributed by atoms with Gasteiger partial charge in [-0.1, -0.05) is 17.7 Å². The van der Waals surface area contributed by atoms with E-state index in [-0.39, 0.29) is 0 Å². The van der Waals surface area contributed by atoms with E-state index in [0.717, 1.165) is 16.3 Å². The van der Waals surface area contributed by atoms with Crippen LogP contribution in [0.5, 0.6) is 0 Å². The summed E-state index contributed by atoms with van der Waals surface area (Å²) in [6.45, 7) is 4.73. The second kappa shape index (κ2) is 5.23. The Hall–Kier alpha value is -0.730. The first-order chi connectivity index (χ1) is 6.65. The van der Waals surface area contributed by atoms with Crippen molar-refractivity contribution < 1.29 is 4.74 Å². The Labute approximate surface area is 90.2 Å². The molecule has 1 N–H and O–H groups in total. The second-order valence-corrected chi connectivity index (χ2v) is 3.91. The number of rotatable bonds is 4. The maximum Gasteiger partial charge on any atom is 0.0747 e. The molecule has 0 spiro atoms. The van der Waals surface area contributed by atoms with Gasteiger partial charge in [-0.25, -0.2) is 0 Å². The monoisotopic (exact) mass is 213 g/mol. The van der Waals surface area contributed by atoms with Crippen molar-refractivity contribution in [2.75, 3.05) is 12.4 Å². The second-order valence-electron chi connectivity index (χ2n) is 3.50. The van der Waals surface area contributed by atoms with E-state index in [2.05, 4.69) is 19.2 Å². The van der Waals surface area contributed by atoms with Crippen molar-refractivity contribution in [3.05, 3.63) is 28.8 Å². The zero-order valence-electron chi connectivity index (χ0n) is 8.80. The van der Waals surface area contributed by atoms with E-state index in [4.69, 9.17) is 16.3 Å². The van der Waals surface area contributed by atoms with E-state index in [9.17, 15) is 0 Å². The lowest BCUT2D eigenvalue weighted by atomic mass is 10.1. The van der Waals surface area contributed by atoms with Crippen LogP contribution in [0.3, 0.4) is 0 Å². The predicted octanol–water partition coefficient (Wildman–Crippen LogP) is 3.31. The molecule has 0 aromatic heterocycles. The molecule has 0 saturated carbocycles. The van der Waals surface area contributed by atoms with Gasteiger partial charge in [0.1, 0.15) is 0 Å². The topological polar surface area (TPSA) is 21.3 Å². The molecule has 0 amide bonds. The molecule has 0 bridgehead atoms. The normalized spacial score (nSPS) is 10.6. The maximum atomic E-state index is 6.07. The third-order valence-electron chi connectivity index (χ3n) is 1.85. The summed E-state index contributed by atoms with van der Waals surface area (Å²) in [7, 11) is 1.67. The average molecular weight is 214 g/mol. The fraction of sp³-hybridized carbons (Fsp3) is 0.455. The molecule has 14 heavy (non-hydrogen) atoms. The fourth-order valence-corrected chi connectivity index (χ4v) is 1.53. The maximum absolute atomic E-state index is 6.07. The zero-order valence-corrected chi connectivity index (χ0v) is 9.56. The van der Waals surface area contributed by atoms with E-state index >= 15 is 0 Å². The average Bonchev–Trinajstić information content (AvgIpc) is 2.10. The van der Waals surface area contributed by atoms with Crippen LogP contribution in [0.15, 0.2) is 18.2 Å². The van der Waals surface area contributed by atoms with E-state index in [1.807, 2.05) is 18.2 Å². The van der Waals surface area contributed by atoms with E-state index in [1.165, 1.54) is 0 Å². The van der Waals surface area contributed by atoms with E-state index in [1.54, 1.807) is 7.11 Å². The number of anilines is 1. The molecule has 2 nitrogen and oxygen atoms in total. The van der Waals surface area contributed by atoms with Gasteiger partial charge in [0.25, 0.3) is 0 Å². The Kier molecular flexibility index (Phi) is 4.23. The fourth-order valence-electron chi connectivity index (χ4n) is 1.30. The first-order valence-corrected chi connectivity index (χ1v) is 5.05. The highest BCUT2D eigenvalue weighted by molar-refractivity contribution is 6.31. The predicted molar refractivity (Wildman–Crippen MR) is 60.9 cm³/mol. The Morgan fingerprint density at radius 3 is 2.71 bits per heavy atom. The van der Waals surface area contributed by atoms with Gasteiger partial charge < -0.3 is 10.1 Å². The third kappa shape index (κ3) is 2.89. The SMILES string of the molecule is COCc1c(Cl)cccc1NC(C)C. The lowest BCUT2D eigenvalue weighted by Gasteiger charge is -2.15. The summed E-state index contributed by atoms with van der Waals surface area (Å²) in [6, 6.07) is 6.22. The van der Waals surface area contributed by atoms with Crippen molar-refractivity contribution in [1.82, 2.24) is 0 Å². The van der Waals surface area contributed by atoms with Crippen LogP contribution >= 0.6 is 11.6 Å². The van der Waals surface area contributed by atoms with Crippen LogP contribution in [0.2, 0.25) is 5.02 Å². The molecule has 1 aromatic carbocycles. The molecule has 0 aliphatic rings. The summed E-state index contributed by atoms with van der Waals surface area (Å²) in [5.41, 5.74) is 2.07. The van der Waals surface area contributed by atoms with Crippen molar-refractivity contribution in [3.8, 4) is 0 Å². The van der Waals surface area contributed by atoms with Gasteiger partial charge >= 0.3 is 0 Å². The molecule has 0 fully saturated rings.